The van der Waals surface area contributed by atoms with E-state index in [0.717, 1.165) is 4.47 Å². The van der Waals surface area contributed by atoms with Crippen LogP contribution >= 0.6 is 27.3 Å². The number of hydrogen-bond acceptors (Lipinski definition) is 5. The maximum Gasteiger partial charge on any atom is 0.211 e. The Balaban J connectivity index is 2.07. The highest BCUT2D eigenvalue weighted by Crippen LogP contribution is 2.28. The van der Waals surface area contributed by atoms with E-state index in [9.17, 15) is 4.79 Å². The SMILES string of the molecule is COc1cc(OC)cc(OCC(=O)c2sccc2Br)c1. The van der Waals surface area contributed by atoms with Crippen LogP contribution in [-0.4, -0.2) is 26.6 Å². The molecule has 0 aliphatic rings. The quantitative estimate of drug-likeness (QED) is 0.738. The minimum atomic E-state index is -0.0753. The first kappa shape index (κ1) is 14.9. The molecular weight excluding hydrogens is 344 g/mol. The van der Waals surface area contributed by atoms with Gasteiger partial charge in [-0.05, 0) is 27.4 Å². The van der Waals surface area contributed by atoms with Crippen LogP contribution < -0.4 is 14.2 Å². The second-order valence-electron chi connectivity index (χ2n) is 3.86. The monoisotopic (exact) mass is 356 g/mol. The molecule has 1 aromatic carbocycles. The van der Waals surface area contributed by atoms with Gasteiger partial charge in [-0.25, -0.2) is 0 Å². The number of thiophene rings is 1. The third-order valence-corrected chi connectivity index (χ3v) is 4.44. The van der Waals surface area contributed by atoms with Gasteiger partial charge in [0.2, 0.25) is 5.78 Å². The van der Waals surface area contributed by atoms with Crippen LogP contribution in [0.5, 0.6) is 17.2 Å². The number of carbonyl (C=O) groups excluding carboxylic acids is 1. The lowest BCUT2D eigenvalue weighted by molar-refractivity contribution is 0.0924. The molecule has 0 saturated heterocycles. The normalized spacial score (nSPS) is 10.2. The summed E-state index contributed by atoms with van der Waals surface area (Å²) in [6.45, 7) is -0.0323. The molecule has 0 saturated carbocycles. The van der Waals surface area contributed by atoms with Crippen LogP contribution in [0.4, 0.5) is 0 Å². The fourth-order valence-electron chi connectivity index (χ4n) is 1.57. The number of halogens is 1. The van der Waals surface area contributed by atoms with Crippen LogP contribution in [0.1, 0.15) is 9.67 Å². The standard InChI is InChI=1S/C14H13BrO4S/c1-17-9-5-10(18-2)7-11(6-9)19-8-13(16)14-12(15)3-4-20-14/h3-7H,8H2,1-2H3. The molecule has 0 spiro atoms. The molecule has 2 aromatic rings. The number of rotatable bonds is 6. The van der Waals surface area contributed by atoms with E-state index in [1.54, 1.807) is 32.4 Å². The van der Waals surface area contributed by atoms with Gasteiger partial charge in [-0.3, -0.25) is 4.79 Å². The van der Waals surface area contributed by atoms with E-state index in [-0.39, 0.29) is 12.4 Å². The number of carbonyl (C=O) groups is 1. The zero-order valence-electron chi connectivity index (χ0n) is 11.0. The minimum Gasteiger partial charge on any atom is -0.496 e. The van der Waals surface area contributed by atoms with E-state index in [4.69, 9.17) is 14.2 Å². The fourth-order valence-corrected chi connectivity index (χ4v) is 3.09. The van der Waals surface area contributed by atoms with Crippen molar-refractivity contribution in [3.8, 4) is 17.2 Å². The van der Waals surface area contributed by atoms with Gasteiger partial charge < -0.3 is 14.2 Å². The molecule has 0 aliphatic heterocycles. The lowest BCUT2D eigenvalue weighted by Gasteiger charge is -2.09. The first-order valence-electron chi connectivity index (χ1n) is 5.76. The zero-order chi connectivity index (χ0) is 14.5. The second kappa shape index (κ2) is 6.76. The molecule has 0 atom stereocenters. The predicted octanol–water partition coefficient (Wildman–Crippen LogP) is 3.79. The van der Waals surface area contributed by atoms with Crippen molar-refractivity contribution in [2.45, 2.75) is 0 Å². The number of Topliss-reactive ketones (excluding diaryl/α,β-unsaturated/α-hetero) is 1. The molecule has 1 heterocycles. The molecule has 106 valence electrons. The van der Waals surface area contributed by atoms with Crippen LogP contribution in [-0.2, 0) is 0 Å². The molecule has 4 nitrogen and oxygen atoms in total. The number of ether oxygens (including phenoxy) is 3. The molecule has 0 radical (unpaired) electrons. The largest absolute Gasteiger partial charge is 0.496 e. The molecule has 0 aliphatic carbocycles. The highest BCUT2D eigenvalue weighted by Gasteiger charge is 2.13. The van der Waals surface area contributed by atoms with E-state index in [1.165, 1.54) is 11.3 Å². The third kappa shape index (κ3) is 3.52. The smallest absolute Gasteiger partial charge is 0.211 e. The topological polar surface area (TPSA) is 44.8 Å². The van der Waals surface area contributed by atoms with Crippen LogP contribution in [0, 0.1) is 0 Å². The molecule has 20 heavy (non-hydrogen) atoms. The summed E-state index contributed by atoms with van der Waals surface area (Å²) in [4.78, 5) is 12.7. The number of benzene rings is 1. The van der Waals surface area contributed by atoms with Crippen LogP contribution in [0.25, 0.3) is 0 Å². The Kier molecular flexibility index (Phi) is 5.03. The zero-order valence-corrected chi connectivity index (χ0v) is 13.4. The van der Waals surface area contributed by atoms with E-state index in [1.807, 2.05) is 11.4 Å². The Morgan fingerprint density at radius 2 is 1.75 bits per heavy atom. The van der Waals surface area contributed by atoms with Crippen molar-refractivity contribution in [3.05, 3.63) is 39.0 Å². The lowest BCUT2D eigenvalue weighted by atomic mass is 10.3. The Bertz CT molecular complexity index is 587. The number of hydrogen-bond donors (Lipinski definition) is 0. The van der Waals surface area contributed by atoms with Gasteiger partial charge in [0.05, 0.1) is 19.1 Å². The van der Waals surface area contributed by atoms with Crippen molar-refractivity contribution in [1.29, 1.82) is 0 Å². The molecule has 6 heteroatoms. The number of ketones is 1. The summed E-state index contributed by atoms with van der Waals surface area (Å²) in [7, 11) is 3.12. The summed E-state index contributed by atoms with van der Waals surface area (Å²) >= 11 is 4.72. The molecular formula is C14H13BrO4S. The van der Waals surface area contributed by atoms with E-state index in [2.05, 4.69) is 15.9 Å². The average molecular weight is 357 g/mol. The molecule has 1 aromatic heterocycles. The maximum atomic E-state index is 12.0. The van der Waals surface area contributed by atoms with Gasteiger partial charge in [0.15, 0.2) is 6.61 Å². The Morgan fingerprint density at radius 3 is 2.25 bits per heavy atom. The minimum absolute atomic E-state index is 0.0323. The van der Waals surface area contributed by atoms with Gasteiger partial charge in [0.1, 0.15) is 17.2 Å². The molecule has 0 bridgehead atoms. The molecule has 2 rings (SSSR count). The molecule has 0 unspecified atom stereocenters. The first-order chi connectivity index (χ1) is 9.63. The highest BCUT2D eigenvalue weighted by molar-refractivity contribution is 9.10. The summed E-state index contributed by atoms with van der Waals surface area (Å²) in [6, 6.07) is 7.00. The van der Waals surface area contributed by atoms with Crippen molar-refractivity contribution in [3.63, 3.8) is 0 Å². The van der Waals surface area contributed by atoms with E-state index < -0.39 is 0 Å². The molecule has 0 amide bonds. The van der Waals surface area contributed by atoms with Crippen LogP contribution in [0.3, 0.4) is 0 Å². The van der Waals surface area contributed by atoms with E-state index in [0.29, 0.717) is 22.1 Å². The van der Waals surface area contributed by atoms with Crippen LogP contribution in [0.15, 0.2) is 34.1 Å². The van der Waals surface area contributed by atoms with E-state index >= 15 is 0 Å². The number of methoxy groups -OCH3 is 2. The Labute approximate surface area is 129 Å². The first-order valence-corrected chi connectivity index (χ1v) is 7.43. The molecule has 0 N–H and O–H groups in total. The fraction of sp³-hybridized carbons (Fsp3) is 0.214. The summed E-state index contributed by atoms with van der Waals surface area (Å²) in [5, 5.41) is 1.85. The summed E-state index contributed by atoms with van der Waals surface area (Å²) in [5.74, 6) is 1.68. The van der Waals surface area contributed by atoms with Gasteiger partial charge in [-0.1, -0.05) is 0 Å². The van der Waals surface area contributed by atoms with Crippen molar-refractivity contribution < 1.29 is 19.0 Å². The Hall–Kier alpha value is -1.53. The predicted molar refractivity (Wildman–Crippen MR) is 81.4 cm³/mol. The van der Waals surface area contributed by atoms with Gasteiger partial charge >= 0.3 is 0 Å². The van der Waals surface area contributed by atoms with Crippen molar-refractivity contribution in [1.82, 2.24) is 0 Å². The maximum absolute atomic E-state index is 12.0. The van der Waals surface area contributed by atoms with Crippen LogP contribution in [0.2, 0.25) is 0 Å². The third-order valence-electron chi connectivity index (χ3n) is 2.57. The Morgan fingerprint density at radius 1 is 1.15 bits per heavy atom. The van der Waals surface area contributed by atoms with Crippen molar-refractivity contribution in [2.24, 2.45) is 0 Å². The van der Waals surface area contributed by atoms with Crippen molar-refractivity contribution in [2.75, 3.05) is 20.8 Å². The average Bonchev–Trinajstić information content (AvgIpc) is 2.90. The summed E-state index contributed by atoms with van der Waals surface area (Å²) < 4.78 is 16.6. The summed E-state index contributed by atoms with van der Waals surface area (Å²) in [6.07, 6.45) is 0. The van der Waals surface area contributed by atoms with Gasteiger partial charge in [0.25, 0.3) is 0 Å². The second-order valence-corrected chi connectivity index (χ2v) is 5.63. The van der Waals surface area contributed by atoms with Crippen molar-refractivity contribution >= 4 is 33.0 Å². The summed E-state index contributed by atoms with van der Waals surface area (Å²) in [5.41, 5.74) is 0. The van der Waals surface area contributed by atoms with Gasteiger partial charge in [-0.2, -0.15) is 0 Å². The highest BCUT2D eigenvalue weighted by atomic mass is 79.9. The van der Waals surface area contributed by atoms with Gasteiger partial charge in [-0.15, -0.1) is 11.3 Å². The van der Waals surface area contributed by atoms with Gasteiger partial charge in [0, 0.05) is 22.7 Å². The lowest BCUT2D eigenvalue weighted by Crippen LogP contribution is -2.10. The molecule has 0 fully saturated rings.